The van der Waals surface area contributed by atoms with Crippen LogP contribution in [0.15, 0.2) is 24.3 Å². The van der Waals surface area contributed by atoms with E-state index in [9.17, 15) is 24.3 Å². The molecule has 3 N–H and O–H groups in total. The van der Waals surface area contributed by atoms with Crippen molar-refractivity contribution < 1.29 is 34.1 Å². The largest absolute Gasteiger partial charge is 0.494 e. The number of Topliss-reactive ketones (excluding diaryl/α,β-unsaturated/α-hetero) is 1. The normalized spacial score (nSPS) is 11.6. The quantitative estimate of drug-likeness (QED) is 0.115. The number of carbonyl (C=O) groups excluding carboxylic acids is 2. The van der Waals surface area contributed by atoms with Crippen LogP contribution in [0.1, 0.15) is 126 Å². The first-order valence-corrected chi connectivity index (χ1v) is 14.8. The number of rotatable bonds is 25. The molecule has 1 aromatic rings. The monoisotopic (exact) mass is 547 g/mol. The molecule has 0 radical (unpaired) electrons. The van der Waals surface area contributed by atoms with Gasteiger partial charge in [0.1, 0.15) is 11.5 Å². The minimum atomic E-state index is -1.000. The number of benzene rings is 1. The van der Waals surface area contributed by atoms with Crippen molar-refractivity contribution in [2.24, 2.45) is 5.92 Å². The lowest BCUT2D eigenvalue weighted by atomic mass is 9.94. The lowest BCUT2D eigenvalue weighted by Crippen LogP contribution is -2.25. The van der Waals surface area contributed by atoms with Gasteiger partial charge in [-0.2, -0.15) is 0 Å². The summed E-state index contributed by atoms with van der Waals surface area (Å²) in [6.07, 6.45) is 15.6. The summed E-state index contributed by atoms with van der Waals surface area (Å²) in [6, 6.07) is 6.60. The molecule has 1 aromatic carbocycles. The summed E-state index contributed by atoms with van der Waals surface area (Å²) >= 11 is 0. The zero-order chi connectivity index (χ0) is 28.7. The van der Waals surface area contributed by atoms with Crippen LogP contribution in [0.5, 0.6) is 5.75 Å². The van der Waals surface area contributed by atoms with E-state index in [0.717, 1.165) is 32.1 Å². The highest BCUT2D eigenvalue weighted by atomic mass is 16.5. The highest BCUT2D eigenvalue weighted by Gasteiger charge is 2.21. The van der Waals surface area contributed by atoms with E-state index in [-0.39, 0.29) is 36.5 Å². The fourth-order valence-corrected chi connectivity index (χ4v) is 4.56. The van der Waals surface area contributed by atoms with Crippen LogP contribution in [0, 0.1) is 5.92 Å². The second-order valence-corrected chi connectivity index (χ2v) is 10.3. The molecule has 1 atom stereocenters. The van der Waals surface area contributed by atoms with Crippen molar-refractivity contribution in [1.82, 2.24) is 5.32 Å². The third-order valence-electron chi connectivity index (χ3n) is 6.87. The second-order valence-electron chi connectivity index (χ2n) is 10.3. The molecular weight excluding hydrogens is 498 g/mol. The van der Waals surface area contributed by atoms with Gasteiger partial charge in [-0.15, -0.1) is 0 Å². The van der Waals surface area contributed by atoms with Gasteiger partial charge in [0.15, 0.2) is 0 Å². The molecule has 0 heterocycles. The molecule has 0 unspecified atom stereocenters. The summed E-state index contributed by atoms with van der Waals surface area (Å²) in [5.74, 6) is -2.29. The van der Waals surface area contributed by atoms with Crippen LogP contribution in [0.2, 0.25) is 0 Å². The fourth-order valence-electron chi connectivity index (χ4n) is 4.56. The van der Waals surface area contributed by atoms with E-state index in [1.807, 2.05) is 6.92 Å². The molecule has 0 saturated heterocycles. The lowest BCUT2D eigenvalue weighted by molar-refractivity contribution is -0.144. The van der Waals surface area contributed by atoms with E-state index in [4.69, 9.17) is 9.84 Å². The number of nitrogens with one attached hydrogen (secondary N) is 1. The molecular formula is C31H49NO7. The van der Waals surface area contributed by atoms with Gasteiger partial charge >= 0.3 is 11.9 Å². The summed E-state index contributed by atoms with van der Waals surface area (Å²) in [5, 5.41) is 21.0. The molecule has 39 heavy (non-hydrogen) atoms. The first-order chi connectivity index (χ1) is 18.8. The zero-order valence-electron chi connectivity index (χ0n) is 23.8. The van der Waals surface area contributed by atoms with Crippen molar-refractivity contribution in [2.45, 2.75) is 116 Å². The van der Waals surface area contributed by atoms with Crippen LogP contribution < -0.4 is 10.1 Å². The van der Waals surface area contributed by atoms with Crippen LogP contribution in [-0.2, 0) is 14.4 Å². The molecule has 0 aliphatic carbocycles. The molecule has 8 nitrogen and oxygen atoms in total. The Hall–Kier alpha value is -2.90. The van der Waals surface area contributed by atoms with Crippen LogP contribution in [0.3, 0.4) is 0 Å². The number of ketones is 1. The fraction of sp³-hybridized carbons (Fsp3) is 0.677. The minimum absolute atomic E-state index is 0.0173. The molecule has 0 fully saturated rings. The Kier molecular flexibility index (Phi) is 19.2. The SMILES string of the molecule is CCNC(=O)CC[C@H](CC(=O)CCCCCCCCCCCCCCCOc1cccc(C(=O)O)c1)C(=O)O. The summed E-state index contributed by atoms with van der Waals surface area (Å²) in [6.45, 7) is 2.94. The third-order valence-corrected chi connectivity index (χ3v) is 6.87. The number of carboxylic acid groups (broad SMARTS) is 2. The van der Waals surface area contributed by atoms with E-state index >= 15 is 0 Å². The average molecular weight is 548 g/mol. The molecule has 0 aliphatic rings. The topological polar surface area (TPSA) is 130 Å². The van der Waals surface area contributed by atoms with E-state index in [0.29, 0.717) is 25.3 Å². The van der Waals surface area contributed by atoms with E-state index in [1.54, 1.807) is 24.3 Å². The van der Waals surface area contributed by atoms with Gasteiger partial charge in [0.05, 0.1) is 18.1 Å². The summed E-state index contributed by atoms with van der Waals surface area (Å²) in [7, 11) is 0. The van der Waals surface area contributed by atoms with Gasteiger partial charge in [-0.3, -0.25) is 14.4 Å². The van der Waals surface area contributed by atoms with Crippen molar-refractivity contribution >= 4 is 23.6 Å². The molecule has 1 amide bonds. The smallest absolute Gasteiger partial charge is 0.335 e. The van der Waals surface area contributed by atoms with Crippen molar-refractivity contribution in [3.05, 3.63) is 29.8 Å². The van der Waals surface area contributed by atoms with Gasteiger partial charge in [0, 0.05) is 25.8 Å². The van der Waals surface area contributed by atoms with Gasteiger partial charge in [-0.05, 0) is 44.4 Å². The van der Waals surface area contributed by atoms with E-state index < -0.39 is 17.9 Å². The summed E-state index contributed by atoms with van der Waals surface area (Å²) in [4.78, 5) is 46.1. The Morgan fingerprint density at radius 2 is 1.36 bits per heavy atom. The van der Waals surface area contributed by atoms with Crippen LogP contribution in [0.4, 0.5) is 0 Å². The molecule has 0 aliphatic heterocycles. The molecule has 8 heteroatoms. The summed E-state index contributed by atoms with van der Waals surface area (Å²) < 4.78 is 5.65. The Labute approximate surface area is 233 Å². The highest BCUT2D eigenvalue weighted by molar-refractivity contribution is 5.88. The molecule has 0 spiro atoms. The first kappa shape index (κ1) is 34.1. The van der Waals surface area contributed by atoms with Crippen LogP contribution >= 0.6 is 0 Å². The number of amides is 1. The van der Waals surface area contributed by atoms with Gasteiger partial charge in [-0.1, -0.05) is 76.7 Å². The number of unbranched alkanes of at least 4 members (excludes halogenated alkanes) is 12. The molecule has 1 rings (SSSR count). The number of hydrogen-bond donors (Lipinski definition) is 3. The second kappa shape index (κ2) is 22.0. The predicted molar refractivity (Wildman–Crippen MR) is 152 cm³/mol. The zero-order valence-corrected chi connectivity index (χ0v) is 23.8. The Morgan fingerprint density at radius 1 is 0.795 bits per heavy atom. The molecule has 0 saturated carbocycles. The number of ether oxygens (including phenoxy) is 1. The third kappa shape index (κ3) is 18.1. The van der Waals surface area contributed by atoms with E-state index in [1.165, 1.54) is 51.4 Å². The maximum atomic E-state index is 12.2. The molecule has 220 valence electrons. The van der Waals surface area contributed by atoms with Crippen molar-refractivity contribution in [3.63, 3.8) is 0 Å². The Morgan fingerprint density at radius 3 is 1.90 bits per heavy atom. The van der Waals surface area contributed by atoms with E-state index in [2.05, 4.69) is 5.32 Å². The number of hydrogen-bond acceptors (Lipinski definition) is 5. The average Bonchev–Trinajstić information content (AvgIpc) is 2.90. The van der Waals surface area contributed by atoms with Gasteiger partial charge in [0.25, 0.3) is 0 Å². The molecule has 0 aromatic heterocycles. The minimum Gasteiger partial charge on any atom is -0.494 e. The standard InChI is InChI=1S/C31H49NO7/c1-2-32-29(34)21-20-26(31(37)38)23-27(33)18-14-12-10-8-6-4-3-5-7-9-11-13-15-22-39-28-19-16-17-25(24-28)30(35)36/h16-17,19,24,26H,2-15,18,20-23H2,1H3,(H,32,34)(H,35,36)(H,37,38)/t26-/m1/s1. The number of carboxylic acids is 2. The lowest BCUT2D eigenvalue weighted by Gasteiger charge is -2.11. The first-order valence-electron chi connectivity index (χ1n) is 14.8. The number of carbonyl (C=O) groups is 4. The molecule has 0 bridgehead atoms. The maximum absolute atomic E-state index is 12.2. The Bertz CT molecular complexity index is 855. The van der Waals surface area contributed by atoms with Crippen molar-refractivity contribution in [1.29, 1.82) is 0 Å². The maximum Gasteiger partial charge on any atom is 0.335 e. The number of aromatic carboxylic acids is 1. The predicted octanol–water partition coefficient (Wildman–Crippen LogP) is 6.80. The van der Waals surface area contributed by atoms with Gasteiger partial charge in [0.2, 0.25) is 5.91 Å². The number of aliphatic carboxylic acids is 1. The van der Waals surface area contributed by atoms with Crippen molar-refractivity contribution in [3.8, 4) is 5.75 Å². The van der Waals surface area contributed by atoms with Crippen LogP contribution in [0.25, 0.3) is 0 Å². The van der Waals surface area contributed by atoms with Gasteiger partial charge in [-0.25, -0.2) is 4.79 Å². The van der Waals surface area contributed by atoms with Crippen LogP contribution in [-0.4, -0.2) is 47.0 Å². The van der Waals surface area contributed by atoms with Crippen molar-refractivity contribution in [2.75, 3.05) is 13.2 Å². The highest BCUT2D eigenvalue weighted by Crippen LogP contribution is 2.17. The Balaban J connectivity index is 1.90. The van der Waals surface area contributed by atoms with Gasteiger partial charge < -0.3 is 20.3 Å². The summed E-state index contributed by atoms with van der Waals surface area (Å²) in [5.41, 5.74) is 0.245.